The zero-order valence-corrected chi connectivity index (χ0v) is 33.9. The second-order valence-corrected chi connectivity index (χ2v) is 16.2. The van der Waals surface area contributed by atoms with Gasteiger partial charge in [0.1, 0.15) is 22.3 Å². The van der Waals surface area contributed by atoms with Crippen molar-refractivity contribution in [1.29, 1.82) is 0 Å². The van der Waals surface area contributed by atoms with Crippen molar-refractivity contribution >= 4 is 43.9 Å². The fourth-order valence-electron chi connectivity index (χ4n) is 10.0. The molecule has 0 saturated carbocycles. The Balaban J connectivity index is 0.935. The highest BCUT2D eigenvalue weighted by Gasteiger charge is 2.45. The van der Waals surface area contributed by atoms with Gasteiger partial charge in [0.2, 0.25) is 0 Å². The molecule has 0 aliphatic heterocycles. The van der Waals surface area contributed by atoms with Gasteiger partial charge in [-0.05, 0) is 74.8 Å². The molecule has 0 saturated heterocycles. The molecule has 3 aromatic heterocycles. The summed E-state index contributed by atoms with van der Waals surface area (Å²) in [6.07, 6.45) is 0. The molecule has 0 spiro atoms. The smallest absolute Gasteiger partial charge is 0.167 e. The average Bonchev–Trinajstić information content (AvgIpc) is 4.03. The maximum absolute atomic E-state index is 6.73. The van der Waals surface area contributed by atoms with E-state index in [1.54, 1.807) is 0 Å². The highest BCUT2D eigenvalue weighted by Crippen LogP contribution is 2.56. The van der Waals surface area contributed by atoms with Crippen LogP contribution in [0.2, 0.25) is 0 Å². The van der Waals surface area contributed by atoms with Crippen molar-refractivity contribution in [3.63, 3.8) is 0 Å². The Morgan fingerprint density at radius 3 is 1.44 bits per heavy atom. The van der Waals surface area contributed by atoms with E-state index in [9.17, 15) is 0 Å². The normalized spacial score (nSPS) is 12.9. The largest absolute Gasteiger partial charge is 0.455 e. The van der Waals surface area contributed by atoms with Crippen molar-refractivity contribution in [2.24, 2.45) is 0 Å². The van der Waals surface area contributed by atoms with Gasteiger partial charge in [0.15, 0.2) is 17.5 Å². The monoisotopic (exact) mass is 805 g/mol. The van der Waals surface area contributed by atoms with E-state index in [0.29, 0.717) is 17.5 Å². The van der Waals surface area contributed by atoms with Gasteiger partial charge in [-0.2, -0.15) is 0 Å². The van der Waals surface area contributed by atoms with E-state index >= 15 is 0 Å². The molecular formula is C58H35N3O2. The molecule has 0 atom stereocenters. The average molecular weight is 806 g/mol. The van der Waals surface area contributed by atoms with Crippen LogP contribution < -0.4 is 0 Å². The third kappa shape index (κ3) is 5.33. The molecule has 0 unspecified atom stereocenters. The first kappa shape index (κ1) is 35.4. The molecule has 5 nitrogen and oxygen atoms in total. The van der Waals surface area contributed by atoms with Gasteiger partial charge >= 0.3 is 0 Å². The van der Waals surface area contributed by atoms with Crippen LogP contribution >= 0.6 is 0 Å². The molecule has 1 aliphatic rings. The van der Waals surface area contributed by atoms with E-state index in [2.05, 4.69) is 146 Å². The van der Waals surface area contributed by atoms with Crippen LogP contribution in [0.25, 0.3) is 100 Å². The summed E-state index contributed by atoms with van der Waals surface area (Å²) >= 11 is 0. The van der Waals surface area contributed by atoms with Gasteiger partial charge in [0, 0.05) is 27.1 Å². The van der Waals surface area contributed by atoms with Gasteiger partial charge < -0.3 is 8.83 Å². The summed E-state index contributed by atoms with van der Waals surface area (Å²) in [5, 5.41) is 4.08. The molecule has 63 heavy (non-hydrogen) atoms. The number of rotatable bonds is 6. The standard InChI is InChI=1S/C58H35N3O2/c1-3-15-37(16-4-1)55-59-56(46-24-13-22-44-43-21-9-12-28-51(43)62-53(44)46)61-57(60-55)47-25-14-23-45-48-35-38(31-34-52(48)63-54(45)47)36-29-32-40(33-30-36)58(39-17-5-2-6-18-39)49-26-10-7-19-41(49)42-20-8-11-27-50(42)58/h1-35H. The summed E-state index contributed by atoms with van der Waals surface area (Å²) in [6.45, 7) is 0. The first-order valence-corrected chi connectivity index (χ1v) is 21.3. The molecule has 13 rings (SSSR count). The maximum atomic E-state index is 6.73. The van der Waals surface area contributed by atoms with Crippen LogP contribution in [-0.2, 0) is 5.41 Å². The fraction of sp³-hybridized carbons (Fsp3) is 0.0172. The lowest BCUT2D eigenvalue weighted by molar-refractivity contribution is 0.669. The van der Waals surface area contributed by atoms with E-state index in [0.717, 1.165) is 71.7 Å². The first-order valence-electron chi connectivity index (χ1n) is 21.3. The van der Waals surface area contributed by atoms with Gasteiger partial charge in [-0.25, -0.2) is 15.0 Å². The number of hydrogen-bond donors (Lipinski definition) is 0. The lowest BCUT2D eigenvalue weighted by atomic mass is 9.67. The second kappa shape index (κ2) is 13.8. The second-order valence-electron chi connectivity index (χ2n) is 16.2. The van der Waals surface area contributed by atoms with E-state index in [1.165, 1.54) is 33.4 Å². The molecule has 12 aromatic rings. The van der Waals surface area contributed by atoms with Gasteiger partial charge in [0.05, 0.1) is 16.5 Å². The Morgan fingerprint density at radius 2 is 0.778 bits per heavy atom. The van der Waals surface area contributed by atoms with Crippen LogP contribution in [0.1, 0.15) is 22.3 Å². The summed E-state index contributed by atoms with van der Waals surface area (Å²) < 4.78 is 13.2. The highest BCUT2D eigenvalue weighted by molar-refractivity contribution is 6.11. The Hall–Kier alpha value is -8.41. The first-order chi connectivity index (χ1) is 31.2. The molecular weight excluding hydrogens is 771 g/mol. The van der Waals surface area contributed by atoms with Crippen LogP contribution in [0.5, 0.6) is 0 Å². The number of benzene rings is 9. The molecule has 294 valence electrons. The number of fused-ring (bicyclic) bond motifs is 9. The van der Waals surface area contributed by atoms with E-state index in [-0.39, 0.29) is 0 Å². The zero-order valence-electron chi connectivity index (χ0n) is 33.9. The van der Waals surface area contributed by atoms with Gasteiger partial charge in [-0.15, -0.1) is 0 Å². The molecule has 3 heterocycles. The predicted octanol–water partition coefficient (Wildman–Crippen LogP) is 14.7. The molecule has 0 bridgehead atoms. The summed E-state index contributed by atoms with van der Waals surface area (Å²) in [6, 6.07) is 74.7. The van der Waals surface area contributed by atoms with Crippen molar-refractivity contribution in [3.05, 3.63) is 235 Å². The summed E-state index contributed by atoms with van der Waals surface area (Å²) in [4.78, 5) is 15.3. The minimum Gasteiger partial charge on any atom is -0.455 e. The van der Waals surface area contributed by atoms with Crippen molar-refractivity contribution in [2.75, 3.05) is 0 Å². The van der Waals surface area contributed by atoms with Crippen molar-refractivity contribution in [2.45, 2.75) is 5.41 Å². The Morgan fingerprint density at radius 1 is 0.302 bits per heavy atom. The molecule has 0 radical (unpaired) electrons. The van der Waals surface area contributed by atoms with Crippen LogP contribution in [0.3, 0.4) is 0 Å². The summed E-state index contributed by atoms with van der Waals surface area (Å²) in [5.74, 6) is 1.62. The minimum atomic E-state index is -0.443. The van der Waals surface area contributed by atoms with Crippen LogP contribution in [-0.4, -0.2) is 15.0 Å². The fourth-order valence-corrected chi connectivity index (χ4v) is 10.0. The number of furan rings is 2. The minimum absolute atomic E-state index is 0.443. The third-order valence-corrected chi connectivity index (χ3v) is 12.9. The lowest BCUT2D eigenvalue weighted by Crippen LogP contribution is -2.28. The quantitative estimate of drug-likeness (QED) is 0.167. The zero-order chi connectivity index (χ0) is 41.5. The van der Waals surface area contributed by atoms with Gasteiger partial charge in [-0.3, -0.25) is 0 Å². The van der Waals surface area contributed by atoms with Crippen LogP contribution in [0, 0.1) is 0 Å². The van der Waals surface area contributed by atoms with Crippen molar-refractivity contribution in [1.82, 2.24) is 15.0 Å². The Kier molecular flexibility index (Phi) is 7.75. The lowest BCUT2D eigenvalue weighted by Gasteiger charge is -2.34. The molecule has 9 aromatic carbocycles. The third-order valence-electron chi connectivity index (χ3n) is 12.9. The van der Waals surface area contributed by atoms with E-state index in [4.69, 9.17) is 23.8 Å². The van der Waals surface area contributed by atoms with Crippen molar-refractivity contribution < 1.29 is 8.83 Å². The van der Waals surface area contributed by atoms with E-state index < -0.39 is 5.41 Å². The summed E-state index contributed by atoms with van der Waals surface area (Å²) in [5.41, 5.74) is 15.0. The topological polar surface area (TPSA) is 65.0 Å². The SMILES string of the molecule is c1ccc(-c2nc(-c3cccc4c3oc3ccccc34)nc(-c3cccc4c3oc3ccc(-c5ccc(C6(c7ccccc7)c7ccccc7-c7ccccc76)cc5)cc34)n2)cc1. The van der Waals surface area contributed by atoms with Crippen LogP contribution in [0.15, 0.2) is 221 Å². The van der Waals surface area contributed by atoms with E-state index in [1.807, 2.05) is 66.7 Å². The number of para-hydroxylation sites is 3. The predicted molar refractivity (Wildman–Crippen MR) is 253 cm³/mol. The molecule has 1 aliphatic carbocycles. The Bertz CT molecular complexity index is 3690. The highest BCUT2D eigenvalue weighted by atomic mass is 16.3. The number of hydrogen-bond acceptors (Lipinski definition) is 5. The number of aromatic nitrogens is 3. The molecule has 0 fully saturated rings. The Labute approximate surface area is 362 Å². The number of nitrogens with zero attached hydrogens (tertiary/aromatic N) is 3. The van der Waals surface area contributed by atoms with Gasteiger partial charge in [0.25, 0.3) is 0 Å². The molecule has 0 amide bonds. The molecule has 0 N–H and O–H groups in total. The van der Waals surface area contributed by atoms with Crippen molar-refractivity contribution in [3.8, 4) is 56.4 Å². The molecule has 5 heteroatoms. The van der Waals surface area contributed by atoms with Gasteiger partial charge in [-0.1, -0.05) is 182 Å². The summed E-state index contributed by atoms with van der Waals surface area (Å²) in [7, 11) is 0. The maximum Gasteiger partial charge on any atom is 0.167 e. The van der Waals surface area contributed by atoms with Crippen LogP contribution in [0.4, 0.5) is 0 Å².